The van der Waals surface area contributed by atoms with Gasteiger partial charge in [0.05, 0.1) is 10.5 Å². The number of nitrogens with zero attached hydrogens (tertiary/aromatic N) is 1. The summed E-state index contributed by atoms with van der Waals surface area (Å²) in [4.78, 5) is 21.4. The molecule has 0 unspecified atom stereocenters. The minimum Gasteiger partial charge on any atom is -0.478 e. The number of nitro groups is 1. The van der Waals surface area contributed by atoms with Crippen molar-refractivity contribution in [3.8, 4) is 11.1 Å². The lowest BCUT2D eigenvalue weighted by atomic mass is 9.98. The van der Waals surface area contributed by atoms with Crippen molar-refractivity contribution in [3.05, 3.63) is 63.7 Å². The molecule has 0 saturated heterocycles. The first-order valence-electron chi connectivity index (χ1n) is 5.58. The topological polar surface area (TPSA) is 80.4 Å². The molecule has 2 aromatic rings. The highest BCUT2D eigenvalue weighted by atomic mass is 16.6. The molecule has 0 bridgehead atoms. The molecule has 2 aromatic carbocycles. The zero-order chi connectivity index (χ0) is 14.0. The number of carboxylic acids is 1. The van der Waals surface area contributed by atoms with E-state index in [1.54, 1.807) is 31.2 Å². The zero-order valence-electron chi connectivity index (χ0n) is 10.2. The van der Waals surface area contributed by atoms with Gasteiger partial charge >= 0.3 is 5.97 Å². The second-order valence-electron chi connectivity index (χ2n) is 4.09. The minimum absolute atomic E-state index is 0.0261. The van der Waals surface area contributed by atoms with Crippen LogP contribution >= 0.6 is 0 Å². The molecule has 5 heteroatoms. The Balaban J connectivity index is 2.59. The lowest BCUT2D eigenvalue weighted by Crippen LogP contribution is -1.97. The normalized spacial score (nSPS) is 10.2. The van der Waals surface area contributed by atoms with E-state index in [2.05, 4.69) is 0 Å². The average Bonchev–Trinajstić information content (AvgIpc) is 2.38. The van der Waals surface area contributed by atoms with Crippen molar-refractivity contribution in [2.24, 2.45) is 0 Å². The van der Waals surface area contributed by atoms with Crippen molar-refractivity contribution in [3.63, 3.8) is 0 Å². The van der Waals surface area contributed by atoms with Gasteiger partial charge < -0.3 is 5.11 Å². The Labute approximate surface area is 109 Å². The Morgan fingerprint density at radius 2 is 1.89 bits per heavy atom. The van der Waals surface area contributed by atoms with Crippen LogP contribution in [0.3, 0.4) is 0 Å². The van der Waals surface area contributed by atoms with Crippen LogP contribution < -0.4 is 0 Å². The first-order chi connectivity index (χ1) is 9.00. The molecular formula is C14H11NO4. The Kier molecular flexibility index (Phi) is 3.29. The van der Waals surface area contributed by atoms with Crippen molar-refractivity contribution in [1.82, 2.24) is 0 Å². The Morgan fingerprint density at radius 3 is 2.53 bits per heavy atom. The molecule has 0 radical (unpaired) electrons. The third-order valence-electron chi connectivity index (χ3n) is 2.92. The van der Waals surface area contributed by atoms with Gasteiger partial charge in [0.2, 0.25) is 0 Å². The number of aromatic carboxylic acids is 1. The smallest absolute Gasteiger partial charge is 0.335 e. The molecule has 0 aliphatic heterocycles. The summed E-state index contributed by atoms with van der Waals surface area (Å²) in [5, 5.41) is 19.9. The molecule has 0 aliphatic carbocycles. The zero-order valence-corrected chi connectivity index (χ0v) is 10.2. The van der Waals surface area contributed by atoms with Crippen molar-refractivity contribution in [1.29, 1.82) is 0 Å². The van der Waals surface area contributed by atoms with Crippen molar-refractivity contribution in [2.45, 2.75) is 6.92 Å². The minimum atomic E-state index is -1.02. The van der Waals surface area contributed by atoms with Crippen molar-refractivity contribution < 1.29 is 14.8 Å². The van der Waals surface area contributed by atoms with Gasteiger partial charge in [-0.3, -0.25) is 10.1 Å². The number of carboxylic acid groups (broad SMARTS) is 1. The highest BCUT2D eigenvalue weighted by Gasteiger charge is 2.15. The van der Waals surface area contributed by atoms with Gasteiger partial charge in [0.25, 0.3) is 5.69 Å². The summed E-state index contributed by atoms with van der Waals surface area (Å²) >= 11 is 0. The largest absolute Gasteiger partial charge is 0.478 e. The highest BCUT2D eigenvalue weighted by molar-refractivity contribution is 5.89. The number of hydrogen-bond donors (Lipinski definition) is 1. The highest BCUT2D eigenvalue weighted by Crippen LogP contribution is 2.30. The van der Waals surface area contributed by atoms with Crippen LogP contribution in [0.25, 0.3) is 11.1 Å². The van der Waals surface area contributed by atoms with E-state index in [-0.39, 0.29) is 11.3 Å². The summed E-state index contributed by atoms with van der Waals surface area (Å²) < 4.78 is 0. The number of rotatable bonds is 3. The predicted molar refractivity (Wildman–Crippen MR) is 70.2 cm³/mol. The number of benzene rings is 2. The summed E-state index contributed by atoms with van der Waals surface area (Å²) in [5.41, 5.74) is 2.02. The molecule has 0 atom stereocenters. The van der Waals surface area contributed by atoms with Gasteiger partial charge in [0, 0.05) is 11.6 Å². The fourth-order valence-corrected chi connectivity index (χ4v) is 1.95. The molecule has 5 nitrogen and oxygen atoms in total. The Hall–Kier alpha value is -2.69. The van der Waals surface area contributed by atoms with Gasteiger partial charge in [0.1, 0.15) is 0 Å². The van der Waals surface area contributed by atoms with E-state index in [4.69, 9.17) is 5.11 Å². The van der Waals surface area contributed by atoms with E-state index in [9.17, 15) is 14.9 Å². The molecule has 0 saturated carbocycles. The van der Waals surface area contributed by atoms with E-state index < -0.39 is 10.9 Å². The lowest BCUT2D eigenvalue weighted by Gasteiger charge is -2.07. The van der Waals surface area contributed by atoms with Gasteiger partial charge in [-0.05, 0) is 30.2 Å². The fraction of sp³-hybridized carbons (Fsp3) is 0.0714. The maximum atomic E-state index is 10.9. The van der Waals surface area contributed by atoms with Crippen LogP contribution in [-0.4, -0.2) is 16.0 Å². The molecule has 19 heavy (non-hydrogen) atoms. The van der Waals surface area contributed by atoms with E-state index in [1.165, 1.54) is 18.2 Å². The third-order valence-corrected chi connectivity index (χ3v) is 2.92. The number of hydrogen-bond acceptors (Lipinski definition) is 3. The fourth-order valence-electron chi connectivity index (χ4n) is 1.95. The molecule has 96 valence electrons. The monoisotopic (exact) mass is 257 g/mol. The molecule has 1 N–H and O–H groups in total. The Morgan fingerprint density at radius 1 is 1.21 bits per heavy atom. The van der Waals surface area contributed by atoms with Crippen LogP contribution in [0.5, 0.6) is 0 Å². The van der Waals surface area contributed by atoms with Crippen LogP contribution in [0.2, 0.25) is 0 Å². The van der Waals surface area contributed by atoms with Crippen LogP contribution in [0.4, 0.5) is 5.69 Å². The van der Waals surface area contributed by atoms with Gasteiger partial charge in [-0.2, -0.15) is 0 Å². The van der Waals surface area contributed by atoms with Gasteiger partial charge in [-0.25, -0.2) is 4.79 Å². The first kappa shape index (κ1) is 12.8. The number of carbonyl (C=O) groups is 1. The van der Waals surface area contributed by atoms with Crippen LogP contribution in [0.15, 0.2) is 42.5 Å². The van der Waals surface area contributed by atoms with E-state index >= 15 is 0 Å². The summed E-state index contributed by atoms with van der Waals surface area (Å²) in [5.74, 6) is -1.02. The summed E-state index contributed by atoms with van der Waals surface area (Å²) in [6, 6.07) is 11.1. The molecule has 0 fully saturated rings. The lowest BCUT2D eigenvalue weighted by molar-refractivity contribution is -0.385. The molecule has 0 amide bonds. The third kappa shape index (κ3) is 2.44. The molecule has 0 spiro atoms. The number of nitro benzene ring substituents is 1. The van der Waals surface area contributed by atoms with Crippen LogP contribution in [0, 0.1) is 17.0 Å². The molecule has 2 rings (SSSR count). The van der Waals surface area contributed by atoms with Crippen LogP contribution in [0.1, 0.15) is 15.9 Å². The predicted octanol–water partition coefficient (Wildman–Crippen LogP) is 3.27. The average molecular weight is 257 g/mol. The van der Waals surface area contributed by atoms with Gasteiger partial charge in [0.15, 0.2) is 0 Å². The first-order valence-corrected chi connectivity index (χ1v) is 5.58. The maximum absolute atomic E-state index is 10.9. The van der Waals surface area contributed by atoms with Crippen molar-refractivity contribution >= 4 is 11.7 Å². The second-order valence-corrected chi connectivity index (χ2v) is 4.09. The second kappa shape index (κ2) is 4.89. The van der Waals surface area contributed by atoms with E-state index in [1.807, 2.05) is 0 Å². The van der Waals surface area contributed by atoms with Crippen LogP contribution in [-0.2, 0) is 0 Å². The summed E-state index contributed by atoms with van der Waals surface area (Å²) in [7, 11) is 0. The quantitative estimate of drug-likeness (QED) is 0.675. The van der Waals surface area contributed by atoms with Gasteiger partial charge in [-0.15, -0.1) is 0 Å². The van der Waals surface area contributed by atoms with E-state index in [0.29, 0.717) is 16.7 Å². The Bertz CT molecular complexity index is 664. The SMILES string of the molecule is Cc1c(-c2cccc(C(=O)O)c2)cccc1[N+](=O)[O-]. The van der Waals surface area contributed by atoms with E-state index in [0.717, 1.165) is 0 Å². The molecule has 0 heterocycles. The molecule has 0 aliphatic rings. The maximum Gasteiger partial charge on any atom is 0.335 e. The molecular weight excluding hydrogens is 246 g/mol. The van der Waals surface area contributed by atoms with Crippen molar-refractivity contribution in [2.75, 3.05) is 0 Å². The standard InChI is InChI=1S/C14H11NO4/c1-9-12(6-3-7-13(9)15(18)19)10-4-2-5-11(8-10)14(16)17/h2-8H,1H3,(H,16,17). The summed E-state index contributed by atoms with van der Waals surface area (Å²) in [6.07, 6.45) is 0. The summed E-state index contributed by atoms with van der Waals surface area (Å²) in [6.45, 7) is 1.65. The van der Waals surface area contributed by atoms with Gasteiger partial charge in [-0.1, -0.05) is 24.3 Å². The molecule has 0 aromatic heterocycles.